The number of H-pyrrole nitrogens is 1. The first-order valence-electron chi connectivity index (χ1n) is 12.6. The number of imidazole rings is 2. The molecular weight excluding hydrogens is 518 g/mol. The smallest absolute Gasteiger partial charge is 0.159 e. The van der Waals surface area contributed by atoms with Crippen LogP contribution in [0.1, 0.15) is 11.3 Å². The number of halogens is 1. The van der Waals surface area contributed by atoms with Gasteiger partial charge in [-0.25, -0.2) is 15.0 Å². The average molecular weight is 551 g/mol. The van der Waals surface area contributed by atoms with Gasteiger partial charge in [0.15, 0.2) is 5.65 Å². The number of aromatic nitrogens is 5. The molecule has 2 saturated heterocycles. The molecule has 188 valence electrons. The molecule has 4 aromatic rings. The molecule has 2 aliphatic heterocycles. The van der Waals surface area contributed by atoms with Gasteiger partial charge in [-0.05, 0) is 21.5 Å². The lowest BCUT2D eigenvalue weighted by Crippen LogP contribution is -2.46. The molecule has 36 heavy (non-hydrogen) atoms. The van der Waals surface area contributed by atoms with E-state index in [1.807, 2.05) is 18.7 Å². The maximum Gasteiger partial charge on any atom is 0.159 e. The SMILES string of the molecule is Cn1cncc1CN1CCN(c2c(Br)cnc3[nH]c(-c4ccc(CN5CCNCC5)cc4)nc23)CC1. The molecular formula is C26H32BrN9. The van der Waals surface area contributed by atoms with Crippen LogP contribution in [-0.2, 0) is 20.1 Å². The highest BCUT2D eigenvalue weighted by molar-refractivity contribution is 9.10. The van der Waals surface area contributed by atoms with Gasteiger partial charge in [-0.2, -0.15) is 0 Å². The molecule has 9 nitrogen and oxygen atoms in total. The summed E-state index contributed by atoms with van der Waals surface area (Å²) in [4.78, 5) is 24.8. The number of pyridine rings is 1. The van der Waals surface area contributed by atoms with E-state index in [4.69, 9.17) is 4.98 Å². The van der Waals surface area contributed by atoms with Crippen LogP contribution < -0.4 is 10.2 Å². The molecule has 0 saturated carbocycles. The summed E-state index contributed by atoms with van der Waals surface area (Å²) in [7, 11) is 2.05. The van der Waals surface area contributed by atoms with Crippen LogP contribution in [0.2, 0.25) is 0 Å². The van der Waals surface area contributed by atoms with E-state index in [0.29, 0.717) is 0 Å². The molecule has 0 atom stereocenters. The number of nitrogens with zero attached hydrogens (tertiary/aromatic N) is 7. The third kappa shape index (κ3) is 4.90. The van der Waals surface area contributed by atoms with E-state index in [2.05, 4.69) is 86.8 Å². The summed E-state index contributed by atoms with van der Waals surface area (Å²) in [6.07, 6.45) is 5.71. The summed E-state index contributed by atoms with van der Waals surface area (Å²) in [5, 5.41) is 3.42. The molecule has 3 aromatic heterocycles. The average Bonchev–Trinajstić information content (AvgIpc) is 3.52. The molecule has 0 unspecified atom stereocenters. The standard InChI is InChI=1S/C26H32BrN9/c1-33-18-29-14-21(33)17-35-10-12-36(13-11-35)24-22(27)15-30-26-23(24)31-25(32-26)20-4-2-19(3-5-20)16-34-8-6-28-7-9-34/h2-5,14-15,18,28H,6-13,16-17H2,1H3,(H,30,31,32). The van der Waals surface area contributed by atoms with E-state index in [1.165, 1.54) is 11.3 Å². The number of hydrogen-bond donors (Lipinski definition) is 2. The fourth-order valence-electron chi connectivity index (χ4n) is 5.15. The topological polar surface area (TPSA) is 81.1 Å². The van der Waals surface area contributed by atoms with E-state index in [9.17, 15) is 0 Å². The molecule has 6 rings (SSSR count). The van der Waals surface area contributed by atoms with Crippen molar-refractivity contribution in [2.24, 2.45) is 7.05 Å². The van der Waals surface area contributed by atoms with Crippen molar-refractivity contribution in [1.82, 2.24) is 39.6 Å². The predicted octanol–water partition coefficient (Wildman–Crippen LogP) is 2.85. The van der Waals surface area contributed by atoms with Gasteiger partial charge in [0.05, 0.1) is 22.2 Å². The highest BCUT2D eigenvalue weighted by atomic mass is 79.9. The van der Waals surface area contributed by atoms with Gasteiger partial charge in [0.1, 0.15) is 11.3 Å². The largest absolute Gasteiger partial charge is 0.366 e. The first kappa shape index (κ1) is 23.6. The Morgan fingerprint density at radius 1 is 0.917 bits per heavy atom. The van der Waals surface area contributed by atoms with Gasteiger partial charge >= 0.3 is 0 Å². The zero-order valence-electron chi connectivity index (χ0n) is 20.6. The van der Waals surface area contributed by atoms with E-state index >= 15 is 0 Å². The van der Waals surface area contributed by atoms with Crippen LogP contribution in [0, 0.1) is 0 Å². The second-order valence-electron chi connectivity index (χ2n) is 9.72. The monoisotopic (exact) mass is 549 g/mol. The number of rotatable bonds is 6. The van der Waals surface area contributed by atoms with Gasteiger partial charge in [-0.3, -0.25) is 9.80 Å². The molecule has 2 N–H and O–H groups in total. The van der Waals surface area contributed by atoms with Crippen LogP contribution in [0.5, 0.6) is 0 Å². The maximum absolute atomic E-state index is 5.02. The summed E-state index contributed by atoms with van der Waals surface area (Å²) in [5.41, 5.74) is 6.53. The molecule has 0 aliphatic carbocycles. The van der Waals surface area contributed by atoms with Gasteiger partial charge in [0.25, 0.3) is 0 Å². The Kier molecular flexibility index (Phi) is 6.75. The Morgan fingerprint density at radius 2 is 1.67 bits per heavy atom. The molecule has 2 aliphatic rings. The minimum absolute atomic E-state index is 0.824. The Labute approximate surface area is 219 Å². The van der Waals surface area contributed by atoms with Crippen molar-refractivity contribution in [3.8, 4) is 11.4 Å². The van der Waals surface area contributed by atoms with Crippen LogP contribution in [0.25, 0.3) is 22.6 Å². The van der Waals surface area contributed by atoms with Crippen molar-refractivity contribution in [2.45, 2.75) is 13.1 Å². The third-order valence-corrected chi connectivity index (χ3v) is 7.86. The number of nitrogens with one attached hydrogen (secondary N) is 2. The van der Waals surface area contributed by atoms with Crippen molar-refractivity contribution < 1.29 is 0 Å². The second-order valence-corrected chi connectivity index (χ2v) is 10.6. The number of benzene rings is 1. The fraction of sp³-hybridized carbons (Fsp3) is 0.423. The molecule has 2 fully saturated rings. The lowest BCUT2D eigenvalue weighted by Gasteiger charge is -2.36. The van der Waals surface area contributed by atoms with Gasteiger partial charge in [0.2, 0.25) is 0 Å². The number of anilines is 1. The van der Waals surface area contributed by atoms with Gasteiger partial charge in [-0.15, -0.1) is 0 Å². The molecule has 0 radical (unpaired) electrons. The van der Waals surface area contributed by atoms with E-state index in [0.717, 1.165) is 98.2 Å². The zero-order valence-corrected chi connectivity index (χ0v) is 22.2. The van der Waals surface area contributed by atoms with Crippen molar-refractivity contribution >= 4 is 32.8 Å². The third-order valence-electron chi connectivity index (χ3n) is 7.28. The number of piperazine rings is 2. The van der Waals surface area contributed by atoms with E-state index < -0.39 is 0 Å². The fourth-order valence-corrected chi connectivity index (χ4v) is 5.69. The molecule has 0 bridgehead atoms. The molecule has 0 amide bonds. The second kappa shape index (κ2) is 10.3. The van der Waals surface area contributed by atoms with Crippen molar-refractivity contribution in [3.63, 3.8) is 0 Å². The summed E-state index contributed by atoms with van der Waals surface area (Å²) in [5.74, 6) is 0.861. The highest BCUT2D eigenvalue weighted by Gasteiger charge is 2.23. The highest BCUT2D eigenvalue weighted by Crippen LogP contribution is 2.34. The minimum atomic E-state index is 0.824. The van der Waals surface area contributed by atoms with Crippen LogP contribution >= 0.6 is 15.9 Å². The first-order valence-corrected chi connectivity index (χ1v) is 13.4. The predicted molar refractivity (Wildman–Crippen MR) is 146 cm³/mol. The number of aromatic amines is 1. The summed E-state index contributed by atoms with van der Waals surface area (Å²) >= 11 is 3.76. The van der Waals surface area contributed by atoms with Crippen LogP contribution in [0.15, 0.2) is 47.5 Å². The van der Waals surface area contributed by atoms with E-state index in [1.54, 1.807) is 0 Å². The Hall–Kier alpha value is -2.79. The number of hydrogen-bond acceptors (Lipinski definition) is 7. The Balaban J connectivity index is 1.18. The Morgan fingerprint density at radius 3 is 2.39 bits per heavy atom. The Bertz CT molecular complexity index is 1320. The summed E-state index contributed by atoms with van der Waals surface area (Å²) in [6, 6.07) is 8.77. The molecule has 1 aromatic carbocycles. The summed E-state index contributed by atoms with van der Waals surface area (Å²) in [6.45, 7) is 10.1. The lowest BCUT2D eigenvalue weighted by atomic mass is 10.1. The van der Waals surface area contributed by atoms with Crippen molar-refractivity contribution in [2.75, 3.05) is 57.3 Å². The van der Waals surface area contributed by atoms with Crippen molar-refractivity contribution in [1.29, 1.82) is 0 Å². The molecule has 0 spiro atoms. The number of aryl methyl sites for hydroxylation is 1. The zero-order chi connectivity index (χ0) is 24.5. The van der Waals surface area contributed by atoms with Gasteiger partial charge in [0, 0.05) is 90.5 Å². The maximum atomic E-state index is 5.02. The van der Waals surface area contributed by atoms with Gasteiger partial charge in [-0.1, -0.05) is 24.3 Å². The normalized spacial score (nSPS) is 17.8. The number of fused-ring (bicyclic) bond motifs is 1. The van der Waals surface area contributed by atoms with Gasteiger partial charge < -0.3 is 19.8 Å². The summed E-state index contributed by atoms with van der Waals surface area (Å²) < 4.78 is 3.08. The van der Waals surface area contributed by atoms with E-state index in [-0.39, 0.29) is 0 Å². The lowest BCUT2D eigenvalue weighted by molar-refractivity contribution is 0.233. The quantitative estimate of drug-likeness (QED) is 0.382. The van der Waals surface area contributed by atoms with Crippen LogP contribution in [0.3, 0.4) is 0 Å². The molecule has 5 heterocycles. The van der Waals surface area contributed by atoms with Crippen LogP contribution in [0.4, 0.5) is 5.69 Å². The first-order chi connectivity index (χ1) is 17.6. The minimum Gasteiger partial charge on any atom is -0.366 e. The van der Waals surface area contributed by atoms with Crippen LogP contribution in [-0.4, -0.2) is 86.7 Å². The molecule has 10 heteroatoms. The van der Waals surface area contributed by atoms with Crippen molar-refractivity contribution in [3.05, 3.63) is 58.7 Å².